The van der Waals surface area contributed by atoms with Gasteiger partial charge in [0.05, 0.1) is 22.2 Å². The van der Waals surface area contributed by atoms with Crippen LogP contribution in [0.15, 0.2) is 89.3 Å². The van der Waals surface area contributed by atoms with Crippen LogP contribution in [-0.4, -0.2) is 22.9 Å². The second-order valence-electron chi connectivity index (χ2n) is 10.5. The Hall–Kier alpha value is -3.54. The minimum Gasteiger partial charge on any atom is -0.456 e. The molecule has 0 bridgehead atoms. The van der Waals surface area contributed by atoms with Crippen LogP contribution in [0.25, 0.3) is 49.4 Å². The van der Waals surface area contributed by atoms with Gasteiger partial charge in [-0.1, -0.05) is 48.5 Å². The third kappa shape index (κ3) is 2.89. The number of benzene rings is 4. The molecule has 172 valence electrons. The molecule has 6 aromatic rings. The highest BCUT2D eigenvalue weighted by atomic mass is 16.7. The zero-order chi connectivity index (χ0) is 23.9. The molecule has 0 N–H and O–H groups in total. The molecule has 1 aliphatic rings. The highest BCUT2D eigenvalue weighted by Gasteiger charge is 2.52. The second kappa shape index (κ2) is 7.00. The van der Waals surface area contributed by atoms with E-state index < -0.39 is 18.3 Å². The maximum absolute atomic E-state index is 6.43. The van der Waals surface area contributed by atoms with Crippen molar-refractivity contribution in [1.29, 1.82) is 0 Å². The number of furan rings is 1. The Kier molecular flexibility index (Phi) is 4.16. The lowest BCUT2D eigenvalue weighted by Crippen LogP contribution is -2.41. The third-order valence-electron chi connectivity index (χ3n) is 7.86. The molecule has 4 aromatic carbocycles. The molecular formula is C30H26BNO3. The Balaban J connectivity index is 1.49. The van der Waals surface area contributed by atoms with Crippen molar-refractivity contribution < 1.29 is 13.7 Å². The summed E-state index contributed by atoms with van der Waals surface area (Å²) in [7, 11) is -0.457. The van der Waals surface area contributed by atoms with Gasteiger partial charge in [-0.15, -0.1) is 0 Å². The Morgan fingerprint density at radius 2 is 1.26 bits per heavy atom. The van der Waals surface area contributed by atoms with Crippen molar-refractivity contribution >= 4 is 56.3 Å². The van der Waals surface area contributed by atoms with E-state index in [-0.39, 0.29) is 0 Å². The van der Waals surface area contributed by atoms with Gasteiger partial charge < -0.3 is 18.3 Å². The number of aromatic nitrogens is 1. The van der Waals surface area contributed by atoms with Crippen molar-refractivity contribution in [3.8, 4) is 5.69 Å². The van der Waals surface area contributed by atoms with Crippen molar-refractivity contribution in [2.75, 3.05) is 0 Å². The number of rotatable bonds is 2. The summed E-state index contributed by atoms with van der Waals surface area (Å²) < 4.78 is 21.5. The molecular weight excluding hydrogens is 433 g/mol. The number of fused-ring (bicyclic) bond motifs is 6. The topological polar surface area (TPSA) is 36.5 Å². The van der Waals surface area contributed by atoms with Gasteiger partial charge in [-0.3, -0.25) is 0 Å². The normalized spacial score (nSPS) is 17.3. The molecule has 1 fully saturated rings. The third-order valence-corrected chi connectivity index (χ3v) is 7.86. The number of nitrogens with zero attached hydrogens (tertiary/aromatic N) is 1. The van der Waals surface area contributed by atoms with Gasteiger partial charge in [-0.2, -0.15) is 0 Å². The fraction of sp³-hybridized carbons (Fsp3) is 0.200. The van der Waals surface area contributed by atoms with Crippen LogP contribution in [0.2, 0.25) is 0 Å². The van der Waals surface area contributed by atoms with E-state index in [0.29, 0.717) is 0 Å². The predicted octanol–water partition coefficient (Wildman–Crippen LogP) is 6.98. The van der Waals surface area contributed by atoms with Gasteiger partial charge in [0, 0.05) is 27.2 Å². The van der Waals surface area contributed by atoms with Crippen molar-refractivity contribution in [1.82, 2.24) is 4.57 Å². The van der Waals surface area contributed by atoms with E-state index >= 15 is 0 Å². The van der Waals surface area contributed by atoms with E-state index in [1.54, 1.807) is 0 Å². The largest absolute Gasteiger partial charge is 0.495 e. The summed E-state index contributed by atoms with van der Waals surface area (Å²) in [5, 5.41) is 4.60. The molecule has 0 amide bonds. The Bertz CT molecular complexity index is 1710. The molecule has 35 heavy (non-hydrogen) atoms. The number of hydrogen-bond acceptors (Lipinski definition) is 3. The van der Waals surface area contributed by atoms with E-state index in [9.17, 15) is 0 Å². The van der Waals surface area contributed by atoms with Crippen LogP contribution in [0.3, 0.4) is 0 Å². The Morgan fingerprint density at radius 3 is 1.91 bits per heavy atom. The average Bonchev–Trinajstić information content (AvgIpc) is 3.45. The Morgan fingerprint density at radius 1 is 0.629 bits per heavy atom. The first kappa shape index (κ1) is 20.8. The predicted molar refractivity (Wildman–Crippen MR) is 144 cm³/mol. The summed E-state index contributed by atoms with van der Waals surface area (Å²) in [6.07, 6.45) is 0. The molecule has 0 saturated carbocycles. The first-order chi connectivity index (χ1) is 16.8. The van der Waals surface area contributed by atoms with Crippen molar-refractivity contribution in [3.63, 3.8) is 0 Å². The zero-order valence-electron chi connectivity index (χ0n) is 20.3. The average molecular weight is 459 g/mol. The lowest BCUT2D eigenvalue weighted by Gasteiger charge is -2.32. The molecule has 5 heteroatoms. The number of hydrogen-bond donors (Lipinski definition) is 0. The molecule has 2 aromatic heterocycles. The zero-order valence-corrected chi connectivity index (χ0v) is 20.3. The van der Waals surface area contributed by atoms with E-state index in [1.165, 1.54) is 21.8 Å². The van der Waals surface area contributed by atoms with Crippen molar-refractivity contribution in [2.24, 2.45) is 0 Å². The van der Waals surface area contributed by atoms with Crippen LogP contribution in [0.5, 0.6) is 0 Å². The maximum Gasteiger partial charge on any atom is 0.495 e. The first-order valence-electron chi connectivity index (χ1n) is 12.1. The molecule has 0 radical (unpaired) electrons. The molecule has 4 nitrogen and oxygen atoms in total. The van der Waals surface area contributed by atoms with Crippen molar-refractivity contribution in [2.45, 2.75) is 38.9 Å². The van der Waals surface area contributed by atoms with Gasteiger partial charge in [0.15, 0.2) is 0 Å². The van der Waals surface area contributed by atoms with E-state index in [0.717, 1.165) is 33.1 Å². The summed E-state index contributed by atoms with van der Waals surface area (Å²) in [6.45, 7) is 8.34. The molecule has 1 saturated heterocycles. The van der Waals surface area contributed by atoms with Gasteiger partial charge in [-0.25, -0.2) is 0 Å². The molecule has 0 aliphatic carbocycles. The van der Waals surface area contributed by atoms with Gasteiger partial charge in [0.25, 0.3) is 0 Å². The van der Waals surface area contributed by atoms with E-state index in [1.807, 2.05) is 12.1 Å². The molecule has 3 heterocycles. The standard InChI is InChI=1S/C30H26BNO3/c1-29(2)30(3,4)35-31(34-29)23-12-9-15-27-28(23)22-18-19(16-17-26(22)33-27)32-24-13-7-5-10-20(24)21-11-6-8-14-25(21)32/h5-18H,1-4H3. The lowest BCUT2D eigenvalue weighted by atomic mass is 9.76. The summed E-state index contributed by atoms with van der Waals surface area (Å²) >= 11 is 0. The van der Waals surface area contributed by atoms with Crippen LogP contribution >= 0.6 is 0 Å². The van der Waals surface area contributed by atoms with E-state index in [2.05, 4.69) is 105 Å². The molecule has 0 atom stereocenters. The fourth-order valence-corrected chi connectivity index (χ4v) is 5.35. The van der Waals surface area contributed by atoms with Crippen LogP contribution in [0.1, 0.15) is 27.7 Å². The highest BCUT2D eigenvalue weighted by molar-refractivity contribution is 6.66. The molecule has 0 spiro atoms. The smallest absolute Gasteiger partial charge is 0.456 e. The molecule has 0 unspecified atom stereocenters. The molecule has 1 aliphatic heterocycles. The quantitative estimate of drug-likeness (QED) is 0.262. The second-order valence-corrected chi connectivity index (χ2v) is 10.5. The minimum absolute atomic E-state index is 0.409. The summed E-state index contributed by atoms with van der Waals surface area (Å²) in [4.78, 5) is 0. The SMILES string of the molecule is CC1(C)OB(c2cccc3oc4ccc(-n5c6ccccc6c6ccccc65)cc4c23)OC1(C)C. The van der Waals surface area contributed by atoms with Crippen LogP contribution in [0.4, 0.5) is 0 Å². The minimum atomic E-state index is -0.457. The summed E-state index contributed by atoms with van der Waals surface area (Å²) in [5.41, 5.74) is 5.35. The highest BCUT2D eigenvalue weighted by Crippen LogP contribution is 2.39. The van der Waals surface area contributed by atoms with Gasteiger partial charge >= 0.3 is 7.12 Å². The van der Waals surface area contributed by atoms with Crippen molar-refractivity contribution in [3.05, 3.63) is 84.9 Å². The first-order valence-corrected chi connectivity index (χ1v) is 12.1. The van der Waals surface area contributed by atoms with E-state index in [4.69, 9.17) is 13.7 Å². The van der Waals surface area contributed by atoms with Crippen LogP contribution in [-0.2, 0) is 9.31 Å². The maximum atomic E-state index is 6.43. The lowest BCUT2D eigenvalue weighted by molar-refractivity contribution is 0.00578. The van der Waals surface area contributed by atoms with Gasteiger partial charge in [0.2, 0.25) is 0 Å². The molecule has 7 rings (SSSR count). The Labute approximate surface area is 204 Å². The monoisotopic (exact) mass is 459 g/mol. The van der Waals surface area contributed by atoms with Gasteiger partial charge in [-0.05, 0) is 69.6 Å². The van der Waals surface area contributed by atoms with Gasteiger partial charge in [0.1, 0.15) is 11.2 Å². The summed E-state index contributed by atoms with van der Waals surface area (Å²) in [6, 6.07) is 29.7. The fourth-order valence-electron chi connectivity index (χ4n) is 5.35. The van der Waals surface area contributed by atoms with Crippen LogP contribution in [0, 0.1) is 0 Å². The summed E-state index contributed by atoms with van der Waals surface area (Å²) in [5.74, 6) is 0. The number of para-hydroxylation sites is 2. The van der Waals surface area contributed by atoms with Crippen LogP contribution < -0.4 is 5.46 Å².